The second-order valence-electron chi connectivity index (χ2n) is 8.03. The Hall–Kier alpha value is -2.55. The van der Waals surface area contributed by atoms with Crippen LogP contribution in [0.15, 0.2) is 33.7 Å². The number of benzene rings is 1. The molecule has 170 valence electrons. The average molecular weight is 450 g/mol. The molecule has 9 heteroatoms. The van der Waals surface area contributed by atoms with Crippen molar-refractivity contribution in [3.05, 3.63) is 35.7 Å². The molecule has 0 spiro atoms. The quantitative estimate of drug-likeness (QED) is 0.661. The van der Waals surface area contributed by atoms with Crippen LogP contribution in [0.2, 0.25) is 0 Å². The number of amides is 1. The Balaban J connectivity index is 1.91. The van der Waals surface area contributed by atoms with E-state index in [9.17, 15) is 13.2 Å². The van der Waals surface area contributed by atoms with Crippen molar-refractivity contribution in [2.45, 2.75) is 64.3 Å². The molecule has 0 unspecified atom stereocenters. The van der Waals surface area contributed by atoms with E-state index in [2.05, 4.69) is 17.4 Å². The summed E-state index contributed by atoms with van der Waals surface area (Å²) >= 11 is 0. The Bertz CT molecular complexity index is 981. The summed E-state index contributed by atoms with van der Waals surface area (Å²) in [7, 11) is -4.07. The van der Waals surface area contributed by atoms with Crippen LogP contribution in [-0.2, 0) is 14.8 Å². The summed E-state index contributed by atoms with van der Waals surface area (Å²) in [6, 6.07) is 6.71. The normalized spacial score (nSPS) is 19.1. The summed E-state index contributed by atoms with van der Waals surface area (Å²) in [4.78, 5) is 12.9. The van der Waals surface area contributed by atoms with Crippen LogP contribution in [0, 0.1) is 19.8 Å². The van der Waals surface area contributed by atoms with Crippen LogP contribution >= 0.6 is 0 Å². The third-order valence-electron chi connectivity index (χ3n) is 5.70. The van der Waals surface area contributed by atoms with Gasteiger partial charge < -0.3 is 14.6 Å². The number of hydrogen-bond acceptors (Lipinski definition) is 6. The molecule has 1 aliphatic carbocycles. The highest BCUT2D eigenvalue weighted by atomic mass is 32.2. The van der Waals surface area contributed by atoms with Gasteiger partial charge >= 0.3 is 0 Å². The van der Waals surface area contributed by atoms with Crippen LogP contribution in [0.1, 0.15) is 51.0 Å². The molecule has 1 heterocycles. The van der Waals surface area contributed by atoms with Gasteiger partial charge in [-0.2, -0.15) is 0 Å². The van der Waals surface area contributed by atoms with Crippen molar-refractivity contribution < 1.29 is 22.5 Å². The van der Waals surface area contributed by atoms with Crippen molar-refractivity contribution in [3.8, 4) is 5.75 Å². The number of rotatable bonds is 8. The number of carbonyl (C=O) groups excluding carboxylic acids is 1. The molecule has 1 fully saturated rings. The highest BCUT2D eigenvalue weighted by Crippen LogP contribution is 2.29. The van der Waals surface area contributed by atoms with Gasteiger partial charge in [-0.15, -0.1) is 0 Å². The number of aryl methyl sites for hydroxylation is 2. The lowest BCUT2D eigenvalue weighted by molar-refractivity contribution is -0.120. The maximum Gasteiger partial charge on any atom is 0.270 e. The van der Waals surface area contributed by atoms with Crippen molar-refractivity contribution in [3.63, 3.8) is 0 Å². The van der Waals surface area contributed by atoms with E-state index in [0.717, 1.165) is 30.0 Å². The number of carbonyl (C=O) groups is 1. The highest BCUT2D eigenvalue weighted by molar-refractivity contribution is 7.93. The first kappa shape index (κ1) is 23.1. The summed E-state index contributed by atoms with van der Waals surface area (Å²) < 4.78 is 38.8. The third kappa shape index (κ3) is 5.20. The Morgan fingerprint density at radius 1 is 1.23 bits per heavy atom. The molecule has 2 atom stereocenters. The lowest BCUT2D eigenvalue weighted by atomic mass is 9.86. The SMILES string of the molecule is CCOc1ccc(N(CC(=O)N[C@@H]2CCCC[C@H]2C)S(=O)(=O)c2c(C)noc2C)cc1. The van der Waals surface area contributed by atoms with Crippen molar-refractivity contribution in [2.24, 2.45) is 5.92 Å². The fourth-order valence-electron chi connectivity index (χ4n) is 4.06. The summed E-state index contributed by atoms with van der Waals surface area (Å²) in [5.41, 5.74) is 0.630. The number of nitrogens with zero attached hydrogens (tertiary/aromatic N) is 2. The first-order valence-corrected chi connectivity index (χ1v) is 12.2. The van der Waals surface area contributed by atoms with Gasteiger partial charge in [0.1, 0.15) is 18.0 Å². The van der Waals surface area contributed by atoms with Crippen molar-refractivity contribution in [1.82, 2.24) is 10.5 Å². The van der Waals surface area contributed by atoms with E-state index in [4.69, 9.17) is 9.26 Å². The number of nitrogens with one attached hydrogen (secondary N) is 1. The molecule has 2 aromatic rings. The monoisotopic (exact) mass is 449 g/mol. The molecule has 1 saturated carbocycles. The van der Waals surface area contributed by atoms with Gasteiger partial charge in [-0.3, -0.25) is 9.10 Å². The van der Waals surface area contributed by atoms with E-state index in [-0.39, 0.29) is 34.8 Å². The third-order valence-corrected chi connectivity index (χ3v) is 7.72. The number of anilines is 1. The standard InChI is InChI=1S/C22H31N3O5S/c1-5-29-19-12-10-18(11-13-19)25(31(27,28)22-16(3)24-30-17(22)4)14-21(26)23-20-9-7-6-8-15(20)2/h10-13,15,20H,5-9,14H2,1-4H3,(H,23,26)/t15-,20-/m1/s1. The maximum atomic E-state index is 13.6. The summed E-state index contributed by atoms with van der Waals surface area (Å²) in [6.45, 7) is 7.29. The average Bonchev–Trinajstić information content (AvgIpc) is 3.08. The lowest BCUT2D eigenvalue weighted by Gasteiger charge is -2.31. The van der Waals surface area contributed by atoms with E-state index in [1.54, 1.807) is 38.1 Å². The van der Waals surface area contributed by atoms with Crippen molar-refractivity contribution in [2.75, 3.05) is 17.5 Å². The molecule has 1 aliphatic rings. The maximum absolute atomic E-state index is 13.6. The number of sulfonamides is 1. The molecule has 1 aromatic carbocycles. The predicted octanol–water partition coefficient (Wildman–Crippen LogP) is 3.58. The van der Waals surface area contributed by atoms with Gasteiger partial charge in [0.2, 0.25) is 5.91 Å². The van der Waals surface area contributed by atoms with Gasteiger partial charge in [0, 0.05) is 6.04 Å². The van der Waals surface area contributed by atoms with Gasteiger partial charge in [0.15, 0.2) is 10.7 Å². The molecule has 0 radical (unpaired) electrons. The molecule has 0 bridgehead atoms. The van der Waals surface area contributed by atoms with Crippen LogP contribution in [-0.4, -0.2) is 38.7 Å². The summed E-state index contributed by atoms with van der Waals surface area (Å²) in [5.74, 6) is 0.856. The largest absolute Gasteiger partial charge is 0.494 e. The molecule has 31 heavy (non-hydrogen) atoms. The fourth-order valence-corrected chi connectivity index (χ4v) is 5.77. The zero-order chi connectivity index (χ0) is 22.6. The smallest absolute Gasteiger partial charge is 0.270 e. The molecule has 3 rings (SSSR count). The van der Waals surface area contributed by atoms with E-state index < -0.39 is 10.0 Å². The second-order valence-corrected chi connectivity index (χ2v) is 9.83. The first-order chi connectivity index (χ1) is 14.7. The zero-order valence-corrected chi connectivity index (χ0v) is 19.4. The molecule has 0 saturated heterocycles. The van der Waals surface area contributed by atoms with E-state index in [1.807, 2.05) is 6.92 Å². The van der Waals surface area contributed by atoms with E-state index in [0.29, 0.717) is 24.0 Å². The molecule has 0 aliphatic heterocycles. The van der Waals surface area contributed by atoms with Gasteiger partial charge in [-0.25, -0.2) is 8.42 Å². The lowest BCUT2D eigenvalue weighted by Crippen LogP contribution is -2.47. The number of hydrogen-bond donors (Lipinski definition) is 1. The van der Waals surface area contributed by atoms with Crippen molar-refractivity contribution in [1.29, 1.82) is 0 Å². The van der Waals surface area contributed by atoms with Crippen LogP contribution in [0.25, 0.3) is 0 Å². The minimum absolute atomic E-state index is 0.0137. The Labute approximate surface area is 184 Å². The minimum Gasteiger partial charge on any atom is -0.494 e. The Morgan fingerprint density at radius 2 is 1.90 bits per heavy atom. The second kappa shape index (κ2) is 9.72. The van der Waals surface area contributed by atoms with Crippen LogP contribution in [0.4, 0.5) is 5.69 Å². The fraction of sp³-hybridized carbons (Fsp3) is 0.545. The molecule has 1 aromatic heterocycles. The Kier molecular flexibility index (Phi) is 7.25. The first-order valence-electron chi connectivity index (χ1n) is 10.7. The van der Waals surface area contributed by atoms with Gasteiger partial charge in [-0.1, -0.05) is 24.9 Å². The molecular formula is C22H31N3O5S. The summed E-state index contributed by atoms with van der Waals surface area (Å²) in [5, 5.41) is 6.82. The van der Waals surface area contributed by atoms with E-state index >= 15 is 0 Å². The van der Waals surface area contributed by atoms with E-state index in [1.165, 1.54) is 0 Å². The number of aromatic nitrogens is 1. The predicted molar refractivity (Wildman–Crippen MR) is 118 cm³/mol. The number of ether oxygens (including phenoxy) is 1. The Morgan fingerprint density at radius 3 is 2.48 bits per heavy atom. The topological polar surface area (TPSA) is 102 Å². The molecule has 1 N–H and O–H groups in total. The summed E-state index contributed by atoms with van der Waals surface area (Å²) in [6.07, 6.45) is 4.19. The zero-order valence-electron chi connectivity index (χ0n) is 18.6. The minimum atomic E-state index is -4.07. The van der Waals surface area contributed by atoms with Crippen LogP contribution in [0.5, 0.6) is 5.75 Å². The molecular weight excluding hydrogens is 418 g/mol. The van der Waals surface area contributed by atoms with Gasteiger partial charge in [0.25, 0.3) is 10.0 Å². The van der Waals surface area contributed by atoms with Gasteiger partial charge in [0.05, 0.1) is 12.3 Å². The van der Waals surface area contributed by atoms with Gasteiger partial charge in [-0.05, 0) is 63.8 Å². The van der Waals surface area contributed by atoms with Crippen LogP contribution in [0.3, 0.4) is 0 Å². The molecule has 8 nitrogen and oxygen atoms in total. The van der Waals surface area contributed by atoms with Crippen LogP contribution < -0.4 is 14.4 Å². The van der Waals surface area contributed by atoms with Crippen molar-refractivity contribution >= 4 is 21.6 Å². The highest BCUT2D eigenvalue weighted by Gasteiger charge is 2.33. The molecule has 1 amide bonds.